The summed E-state index contributed by atoms with van der Waals surface area (Å²) in [5.74, 6) is 0.833. The Morgan fingerprint density at radius 2 is 2.06 bits per heavy atom. The number of hydrogen-bond donors (Lipinski definition) is 0. The quantitative estimate of drug-likeness (QED) is 0.487. The highest BCUT2D eigenvalue weighted by atomic mass is 35.5. The maximum atomic E-state index is 12.0. The molecule has 0 radical (unpaired) electrons. The number of para-hydroxylation sites is 1. The molecule has 0 saturated carbocycles. The number of nitrogens with zero attached hydrogens (tertiary/aromatic N) is 2. The zero-order chi connectivity index (χ0) is 12.3. The fourth-order valence-corrected chi connectivity index (χ4v) is 2.44. The fraction of sp³-hybridized carbons (Fsp3) is 0.167. The van der Waals surface area contributed by atoms with E-state index in [4.69, 9.17) is 11.6 Å². The first kappa shape index (κ1) is 12.2. The van der Waals surface area contributed by atoms with Crippen molar-refractivity contribution in [1.82, 2.24) is 9.55 Å². The van der Waals surface area contributed by atoms with Crippen molar-refractivity contribution < 1.29 is 0 Å². The molecule has 2 rings (SSSR count). The Morgan fingerprint density at radius 1 is 1.35 bits per heavy atom. The second-order valence-corrected chi connectivity index (χ2v) is 4.92. The first-order chi connectivity index (χ1) is 8.22. The highest BCUT2D eigenvalue weighted by molar-refractivity contribution is 7.99. The molecule has 0 saturated heterocycles. The van der Waals surface area contributed by atoms with Gasteiger partial charge < -0.3 is 0 Å². The van der Waals surface area contributed by atoms with Crippen molar-refractivity contribution in [2.24, 2.45) is 0 Å². The molecule has 88 valence electrons. The van der Waals surface area contributed by atoms with Crippen LogP contribution in [0.4, 0.5) is 0 Å². The summed E-state index contributed by atoms with van der Waals surface area (Å²) in [7, 11) is 0. The normalized spacial score (nSPS) is 10.5. The average Bonchev–Trinajstić information content (AvgIpc) is 2.30. The summed E-state index contributed by atoms with van der Waals surface area (Å²) < 4.78 is 1.57. The topological polar surface area (TPSA) is 34.9 Å². The van der Waals surface area contributed by atoms with E-state index in [0.29, 0.717) is 5.16 Å². The van der Waals surface area contributed by atoms with Crippen LogP contribution < -0.4 is 5.56 Å². The van der Waals surface area contributed by atoms with E-state index >= 15 is 0 Å². The minimum Gasteiger partial charge on any atom is -0.269 e. The largest absolute Gasteiger partial charge is 0.269 e. The molecule has 0 unspecified atom stereocenters. The molecule has 2 aromatic rings. The molecule has 0 N–H and O–H groups in total. The van der Waals surface area contributed by atoms with Gasteiger partial charge in [-0.2, -0.15) is 0 Å². The zero-order valence-corrected chi connectivity index (χ0v) is 10.8. The van der Waals surface area contributed by atoms with E-state index in [1.54, 1.807) is 4.57 Å². The van der Waals surface area contributed by atoms with Crippen molar-refractivity contribution in [2.45, 2.75) is 12.1 Å². The number of hydrogen-bond acceptors (Lipinski definition) is 3. The average molecular weight is 267 g/mol. The van der Waals surface area contributed by atoms with Crippen LogP contribution in [0.1, 0.15) is 6.92 Å². The molecule has 0 fully saturated rings. The van der Waals surface area contributed by atoms with Crippen LogP contribution in [-0.2, 0) is 0 Å². The van der Waals surface area contributed by atoms with Crippen molar-refractivity contribution >= 4 is 23.4 Å². The minimum atomic E-state index is -0.160. The van der Waals surface area contributed by atoms with E-state index in [-0.39, 0.29) is 10.7 Å². The van der Waals surface area contributed by atoms with Gasteiger partial charge in [0.2, 0.25) is 0 Å². The smallest absolute Gasteiger partial charge is 0.260 e. The van der Waals surface area contributed by atoms with E-state index in [0.717, 1.165) is 11.4 Å². The molecule has 1 aromatic carbocycles. The Morgan fingerprint density at radius 3 is 2.71 bits per heavy atom. The van der Waals surface area contributed by atoms with E-state index in [1.165, 1.54) is 17.8 Å². The lowest BCUT2D eigenvalue weighted by Gasteiger charge is -2.10. The fourth-order valence-electron chi connectivity index (χ4n) is 1.48. The molecule has 0 atom stereocenters. The summed E-state index contributed by atoms with van der Waals surface area (Å²) in [6.45, 7) is 2.01. The number of thioether (sulfide) groups is 1. The van der Waals surface area contributed by atoms with Crippen molar-refractivity contribution in [2.75, 3.05) is 5.75 Å². The summed E-state index contributed by atoms with van der Waals surface area (Å²) in [6, 6.07) is 10.7. The van der Waals surface area contributed by atoms with Crippen LogP contribution in [0, 0.1) is 0 Å². The van der Waals surface area contributed by atoms with Gasteiger partial charge in [0.05, 0.1) is 5.69 Å². The molecule has 17 heavy (non-hydrogen) atoms. The van der Waals surface area contributed by atoms with Gasteiger partial charge in [0.1, 0.15) is 5.15 Å². The highest BCUT2D eigenvalue weighted by Crippen LogP contribution is 2.19. The van der Waals surface area contributed by atoms with Crippen molar-refractivity contribution in [3.8, 4) is 5.69 Å². The van der Waals surface area contributed by atoms with Crippen LogP contribution in [0.5, 0.6) is 0 Å². The Labute approximate surface area is 108 Å². The van der Waals surface area contributed by atoms with Gasteiger partial charge in [-0.25, -0.2) is 4.98 Å². The van der Waals surface area contributed by atoms with Gasteiger partial charge in [0, 0.05) is 6.07 Å². The number of halogens is 1. The minimum absolute atomic E-state index is 0.160. The van der Waals surface area contributed by atoms with E-state index < -0.39 is 0 Å². The molecule has 5 heteroatoms. The van der Waals surface area contributed by atoms with Gasteiger partial charge in [-0.15, -0.1) is 0 Å². The third-order valence-corrected chi connectivity index (χ3v) is 3.16. The first-order valence-corrected chi connectivity index (χ1v) is 6.56. The van der Waals surface area contributed by atoms with E-state index in [1.807, 2.05) is 37.3 Å². The summed E-state index contributed by atoms with van der Waals surface area (Å²) in [5, 5.41) is 0.856. The number of benzene rings is 1. The predicted octanol–water partition coefficient (Wildman–Crippen LogP) is 3.00. The monoisotopic (exact) mass is 266 g/mol. The lowest BCUT2D eigenvalue weighted by atomic mass is 10.3. The number of rotatable bonds is 3. The van der Waals surface area contributed by atoms with Crippen LogP contribution in [0.2, 0.25) is 5.15 Å². The van der Waals surface area contributed by atoms with Crippen molar-refractivity contribution in [3.05, 3.63) is 51.9 Å². The molecule has 0 spiro atoms. The van der Waals surface area contributed by atoms with Gasteiger partial charge in [0.25, 0.3) is 5.56 Å². The Bertz CT molecular complexity index is 568. The summed E-state index contributed by atoms with van der Waals surface area (Å²) in [4.78, 5) is 16.2. The Kier molecular flexibility index (Phi) is 3.86. The van der Waals surface area contributed by atoms with E-state index in [2.05, 4.69) is 4.98 Å². The molecule has 0 aliphatic rings. The summed E-state index contributed by atoms with van der Waals surface area (Å²) >= 11 is 7.30. The second kappa shape index (κ2) is 5.38. The van der Waals surface area contributed by atoms with Crippen LogP contribution in [0.3, 0.4) is 0 Å². The standard InChI is InChI=1S/C12H11ClN2OS/c1-2-17-12-14-10(13)8-11(16)15(12)9-6-4-3-5-7-9/h3-8H,2H2,1H3. The predicted molar refractivity (Wildman–Crippen MR) is 71.2 cm³/mol. The molecule has 1 aromatic heterocycles. The molecule has 0 amide bonds. The Hall–Kier alpha value is -1.26. The van der Waals surface area contributed by atoms with Gasteiger partial charge in [-0.1, -0.05) is 48.5 Å². The van der Waals surface area contributed by atoms with Crippen LogP contribution in [0.15, 0.2) is 46.3 Å². The SMILES string of the molecule is CCSc1nc(Cl)cc(=O)n1-c1ccccc1. The molecule has 0 aliphatic carbocycles. The van der Waals surface area contributed by atoms with Crippen molar-refractivity contribution in [3.63, 3.8) is 0 Å². The van der Waals surface area contributed by atoms with E-state index in [9.17, 15) is 4.79 Å². The molecule has 0 bridgehead atoms. The molecule has 3 nitrogen and oxygen atoms in total. The van der Waals surface area contributed by atoms with Gasteiger partial charge in [0.15, 0.2) is 5.16 Å². The lowest BCUT2D eigenvalue weighted by Crippen LogP contribution is -2.20. The number of aromatic nitrogens is 2. The third-order valence-electron chi connectivity index (χ3n) is 2.14. The molecular formula is C12H11ClN2OS. The maximum Gasteiger partial charge on any atom is 0.260 e. The molecule has 0 aliphatic heterocycles. The Balaban J connectivity index is 2.63. The highest BCUT2D eigenvalue weighted by Gasteiger charge is 2.09. The van der Waals surface area contributed by atoms with Gasteiger partial charge in [-0.3, -0.25) is 9.36 Å². The summed E-state index contributed by atoms with van der Waals surface area (Å²) in [5.41, 5.74) is 0.643. The van der Waals surface area contributed by atoms with Gasteiger partial charge in [-0.05, 0) is 17.9 Å². The zero-order valence-electron chi connectivity index (χ0n) is 9.26. The maximum absolute atomic E-state index is 12.0. The molecule has 1 heterocycles. The third kappa shape index (κ3) is 2.70. The van der Waals surface area contributed by atoms with Crippen LogP contribution in [-0.4, -0.2) is 15.3 Å². The molecular weight excluding hydrogens is 256 g/mol. The van der Waals surface area contributed by atoms with Crippen molar-refractivity contribution in [1.29, 1.82) is 0 Å². The lowest BCUT2D eigenvalue weighted by molar-refractivity contribution is 0.797. The van der Waals surface area contributed by atoms with Crippen LogP contribution in [0.25, 0.3) is 5.69 Å². The van der Waals surface area contributed by atoms with Crippen LogP contribution >= 0.6 is 23.4 Å². The van der Waals surface area contributed by atoms with Gasteiger partial charge >= 0.3 is 0 Å². The first-order valence-electron chi connectivity index (χ1n) is 5.20. The second-order valence-electron chi connectivity index (χ2n) is 3.30. The summed E-state index contributed by atoms with van der Waals surface area (Å²) in [6.07, 6.45) is 0.